The number of halogens is 2. The van der Waals surface area contributed by atoms with Gasteiger partial charge in [0.05, 0.1) is 8.96 Å². The summed E-state index contributed by atoms with van der Waals surface area (Å²) in [6.45, 7) is 0.149. The third-order valence-corrected chi connectivity index (χ3v) is 4.31. The highest BCUT2D eigenvalue weighted by molar-refractivity contribution is 9.14. The van der Waals surface area contributed by atoms with Crippen molar-refractivity contribution in [1.82, 2.24) is 10.0 Å². The van der Waals surface area contributed by atoms with Gasteiger partial charge in [0.2, 0.25) is 0 Å². The van der Waals surface area contributed by atoms with Crippen LogP contribution in [0.5, 0.6) is 0 Å². The van der Waals surface area contributed by atoms with Gasteiger partial charge in [0.25, 0.3) is 5.91 Å². The SMILES string of the molecule is CN1C(=O)C(Br)=C(Br)C(O)N1CCC(O)O. The van der Waals surface area contributed by atoms with Gasteiger partial charge in [0, 0.05) is 20.0 Å². The molecule has 1 rings (SSSR count). The van der Waals surface area contributed by atoms with Crippen molar-refractivity contribution in [2.45, 2.75) is 18.9 Å². The highest BCUT2D eigenvalue weighted by atomic mass is 79.9. The molecular formula is C8H12Br2N2O4. The first-order valence-corrected chi connectivity index (χ1v) is 6.08. The van der Waals surface area contributed by atoms with Crippen molar-refractivity contribution in [2.24, 2.45) is 0 Å². The number of amides is 1. The smallest absolute Gasteiger partial charge is 0.275 e. The Hall–Kier alpha value is 0.01000. The molecule has 0 radical (unpaired) electrons. The highest BCUT2D eigenvalue weighted by Crippen LogP contribution is 2.30. The van der Waals surface area contributed by atoms with Gasteiger partial charge in [-0.3, -0.25) is 9.80 Å². The molecule has 0 aromatic carbocycles. The molecule has 16 heavy (non-hydrogen) atoms. The largest absolute Gasteiger partial charge is 0.372 e. The molecular weight excluding hydrogens is 348 g/mol. The predicted octanol–water partition coefficient (Wildman–Crippen LogP) is -0.304. The minimum atomic E-state index is -1.47. The van der Waals surface area contributed by atoms with Gasteiger partial charge in [-0.25, -0.2) is 0 Å². The molecule has 0 spiro atoms. The van der Waals surface area contributed by atoms with Gasteiger partial charge in [0.1, 0.15) is 0 Å². The maximum Gasteiger partial charge on any atom is 0.275 e. The van der Waals surface area contributed by atoms with Crippen LogP contribution in [0.15, 0.2) is 8.96 Å². The molecule has 3 N–H and O–H groups in total. The number of hydrogen-bond donors (Lipinski definition) is 3. The molecule has 0 fully saturated rings. The second-order valence-electron chi connectivity index (χ2n) is 3.30. The van der Waals surface area contributed by atoms with Gasteiger partial charge in [-0.15, -0.1) is 0 Å². The lowest BCUT2D eigenvalue weighted by atomic mass is 10.3. The van der Waals surface area contributed by atoms with E-state index in [1.165, 1.54) is 17.1 Å². The van der Waals surface area contributed by atoms with E-state index in [1.54, 1.807) is 0 Å². The van der Waals surface area contributed by atoms with Crippen molar-refractivity contribution in [3.8, 4) is 0 Å². The fourth-order valence-electron chi connectivity index (χ4n) is 1.29. The number of likely N-dealkylation sites (N-methyl/N-ethyl adjacent to an activating group) is 1. The van der Waals surface area contributed by atoms with E-state index in [2.05, 4.69) is 31.9 Å². The van der Waals surface area contributed by atoms with Crippen molar-refractivity contribution in [3.05, 3.63) is 8.96 Å². The van der Waals surface area contributed by atoms with Crippen LogP contribution in [0.1, 0.15) is 6.42 Å². The molecule has 92 valence electrons. The third-order valence-electron chi connectivity index (χ3n) is 2.20. The second-order valence-corrected chi connectivity index (χ2v) is 4.94. The molecule has 1 aliphatic heterocycles. The molecule has 0 saturated heterocycles. The number of hydrogen-bond acceptors (Lipinski definition) is 5. The number of carbonyl (C=O) groups is 1. The van der Waals surface area contributed by atoms with Crippen LogP contribution < -0.4 is 0 Å². The number of nitrogens with zero attached hydrogens (tertiary/aromatic N) is 2. The molecule has 0 aromatic rings. The summed E-state index contributed by atoms with van der Waals surface area (Å²) in [5.41, 5.74) is 0. The number of aliphatic hydroxyl groups is 3. The predicted molar refractivity (Wildman–Crippen MR) is 63.2 cm³/mol. The lowest BCUT2D eigenvalue weighted by Crippen LogP contribution is -2.54. The summed E-state index contributed by atoms with van der Waals surface area (Å²) >= 11 is 6.17. The van der Waals surface area contributed by atoms with E-state index < -0.39 is 12.5 Å². The minimum absolute atomic E-state index is 0.0343. The molecule has 0 aromatic heterocycles. The summed E-state index contributed by atoms with van der Waals surface area (Å²) in [5, 5.41) is 29.9. The van der Waals surface area contributed by atoms with E-state index in [4.69, 9.17) is 10.2 Å². The zero-order chi connectivity index (χ0) is 12.5. The van der Waals surface area contributed by atoms with Crippen molar-refractivity contribution in [2.75, 3.05) is 13.6 Å². The normalized spacial score (nSPS) is 23.6. The molecule has 0 saturated carbocycles. The molecule has 1 unspecified atom stereocenters. The van der Waals surface area contributed by atoms with E-state index in [0.29, 0.717) is 4.48 Å². The second kappa shape index (κ2) is 5.56. The summed E-state index contributed by atoms with van der Waals surface area (Å²) in [4.78, 5) is 11.6. The summed E-state index contributed by atoms with van der Waals surface area (Å²) in [6.07, 6.45) is -2.45. The molecule has 1 aliphatic rings. The Bertz CT molecular complexity index is 321. The Balaban J connectivity index is 2.83. The summed E-state index contributed by atoms with van der Waals surface area (Å²) in [6, 6.07) is 0. The van der Waals surface area contributed by atoms with Crippen LogP contribution in [0.25, 0.3) is 0 Å². The quantitative estimate of drug-likeness (QED) is 0.602. The molecule has 0 bridgehead atoms. The Morgan fingerprint density at radius 3 is 2.50 bits per heavy atom. The van der Waals surface area contributed by atoms with Gasteiger partial charge < -0.3 is 15.3 Å². The van der Waals surface area contributed by atoms with E-state index in [1.807, 2.05) is 0 Å². The Morgan fingerprint density at radius 2 is 2.00 bits per heavy atom. The first-order valence-electron chi connectivity index (χ1n) is 4.50. The van der Waals surface area contributed by atoms with Crippen molar-refractivity contribution in [1.29, 1.82) is 0 Å². The highest BCUT2D eigenvalue weighted by Gasteiger charge is 2.35. The lowest BCUT2D eigenvalue weighted by Gasteiger charge is -2.39. The maximum absolute atomic E-state index is 11.6. The van der Waals surface area contributed by atoms with Crippen LogP contribution >= 0.6 is 31.9 Å². The fourth-order valence-corrected chi connectivity index (χ4v) is 2.16. The summed E-state index contributed by atoms with van der Waals surface area (Å²) in [5.74, 6) is -0.315. The zero-order valence-electron chi connectivity index (χ0n) is 8.47. The van der Waals surface area contributed by atoms with Crippen molar-refractivity contribution >= 4 is 37.8 Å². The molecule has 0 aliphatic carbocycles. The fraction of sp³-hybridized carbons (Fsp3) is 0.625. The molecule has 1 atom stereocenters. The van der Waals surface area contributed by atoms with E-state index in [0.717, 1.165) is 0 Å². The first kappa shape index (κ1) is 14.1. The van der Waals surface area contributed by atoms with Crippen molar-refractivity contribution in [3.63, 3.8) is 0 Å². The number of carbonyl (C=O) groups excluding carboxylic acids is 1. The van der Waals surface area contributed by atoms with Crippen LogP contribution in [0, 0.1) is 0 Å². The minimum Gasteiger partial charge on any atom is -0.372 e. The van der Waals surface area contributed by atoms with Crippen LogP contribution in [-0.4, -0.2) is 57.4 Å². The van der Waals surface area contributed by atoms with Crippen LogP contribution in [0.3, 0.4) is 0 Å². The van der Waals surface area contributed by atoms with E-state index >= 15 is 0 Å². The standard InChI is InChI=1S/C8H12Br2N2O4/c1-11-7(15)5(9)6(10)8(16)12(11)3-2-4(13)14/h4,8,13-14,16H,2-3H2,1H3. The van der Waals surface area contributed by atoms with Crippen LogP contribution in [0.2, 0.25) is 0 Å². The number of aliphatic hydroxyl groups excluding tert-OH is 2. The topological polar surface area (TPSA) is 84.2 Å². The number of rotatable bonds is 3. The Morgan fingerprint density at radius 1 is 1.44 bits per heavy atom. The van der Waals surface area contributed by atoms with Gasteiger partial charge in [-0.05, 0) is 31.9 Å². The third kappa shape index (κ3) is 2.82. The van der Waals surface area contributed by atoms with E-state index in [-0.39, 0.29) is 23.4 Å². The van der Waals surface area contributed by atoms with Crippen LogP contribution in [0.4, 0.5) is 0 Å². The molecule has 8 heteroatoms. The van der Waals surface area contributed by atoms with Gasteiger partial charge in [-0.1, -0.05) is 0 Å². The maximum atomic E-state index is 11.6. The van der Waals surface area contributed by atoms with Gasteiger partial charge in [0.15, 0.2) is 12.5 Å². The molecule has 1 amide bonds. The average Bonchev–Trinajstić information content (AvgIpc) is 2.23. The zero-order valence-corrected chi connectivity index (χ0v) is 11.6. The van der Waals surface area contributed by atoms with E-state index in [9.17, 15) is 9.90 Å². The van der Waals surface area contributed by atoms with Crippen LogP contribution in [-0.2, 0) is 4.79 Å². The Kier molecular flexibility index (Phi) is 4.89. The monoisotopic (exact) mass is 358 g/mol. The molecule has 6 nitrogen and oxygen atoms in total. The first-order chi connectivity index (χ1) is 7.36. The van der Waals surface area contributed by atoms with Gasteiger partial charge in [-0.2, -0.15) is 5.01 Å². The summed E-state index contributed by atoms with van der Waals surface area (Å²) < 4.78 is 0.575. The molecule has 1 heterocycles. The number of hydrazine groups is 1. The lowest BCUT2D eigenvalue weighted by molar-refractivity contribution is -0.164. The average molecular weight is 360 g/mol. The van der Waals surface area contributed by atoms with Crippen molar-refractivity contribution < 1.29 is 20.1 Å². The summed E-state index contributed by atoms with van der Waals surface area (Å²) in [7, 11) is 1.50. The van der Waals surface area contributed by atoms with Gasteiger partial charge >= 0.3 is 0 Å². The Labute approximate surface area is 109 Å².